The first kappa shape index (κ1) is 10.4. The van der Waals surface area contributed by atoms with Crippen LogP contribution in [0.3, 0.4) is 0 Å². The molecule has 0 aliphatic heterocycles. The summed E-state index contributed by atoms with van der Waals surface area (Å²) in [6, 6.07) is 0.410. The van der Waals surface area contributed by atoms with Gasteiger partial charge in [-0.1, -0.05) is 20.8 Å². The van der Waals surface area contributed by atoms with Gasteiger partial charge in [0.15, 0.2) is 0 Å². The zero-order chi connectivity index (χ0) is 10.1. The molecule has 0 atom stereocenters. The molecule has 1 rings (SSSR count). The highest BCUT2D eigenvalue weighted by Crippen LogP contribution is 2.28. The monoisotopic (exact) mass is 244 g/mol. The Morgan fingerprint density at radius 3 is 2.46 bits per heavy atom. The summed E-state index contributed by atoms with van der Waals surface area (Å²) < 4.78 is 5.88. The van der Waals surface area contributed by atoms with Gasteiger partial charge in [0.1, 0.15) is 0 Å². The predicted octanol–water partition coefficient (Wildman–Crippen LogP) is 2.55. The van der Waals surface area contributed by atoms with Crippen LogP contribution in [0.4, 0.5) is 0 Å². The number of halogens is 1. The molecule has 0 N–H and O–H groups in total. The second-order valence-electron chi connectivity index (χ2n) is 3.80. The smallest absolute Gasteiger partial charge is 0.316 e. The van der Waals surface area contributed by atoms with Gasteiger partial charge in [-0.3, -0.25) is 0 Å². The van der Waals surface area contributed by atoms with Crippen molar-refractivity contribution in [3.8, 4) is 6.01 Å². The molecule has 0 bridgehead atoms. The van der Waals surface area contributed by atoms with Crippen LogP contribution in [0, 0.1) is 0 Å². The number of methoxy groups -OCH3 is 1. The van der Waals surface area contributed by atoms with Crippen molar-refractivity contribution in [2.45, 2.75) is 26.2 Å². The lowest BCUT2D eigenvalue weighted by Gasteiger charge is -2.19. The second kappa shape index (κ2) is 3.62. The van der Waals surface area contributed by atoms with Crippen LogP contribution in [0.25, 0.3) is 0 Å². The number of hydrogen-bond acceptors (Lipinski definition) is 3. The van der Waals surface area contributed by atoms with Crippen LogP contribution in [-0.2, 0) is 5.41 Å². The van der Waals surface area contributed by atoms with Crippen LogP contribution in [0.2, 0.25) is 0 Å². The first-order valence-electron chi connectivity index (χ1n) is 4.02. The lowest BCUT2D eigenvalue weighted by Crippen LogP contribution is -2.15. The number of ether oxygens (including phenoxy) is 1. The van der Waals surface area contributed by atoms with E-state index in [1.807, 2.05) is 0 Å². The average molecular weight is 245 g/mol. The first-order valence-corrected chi connectivity index (χ1v) is 4.81. The fraction of sp³-hybridized carbons (Fsp3) is 0.556. The summed E-state index contributed by atoms with van der Waals surface area (Å²) in [4.78, 5) is 8.27. The molecular formula is C9H13BrN2O. The molecule has 0 saturated heterocycles. The zero-order valence-corrected chi connectivity index (χ0v) is 9.84. The Morgan fingerprint density at radius 1 is 1.38 bits per heavy atom. The molecule has 0 aliphatic rings. The SMILES string of the molecule is COc1ncc(Br)c(C(C)(C)C)n1. The molecule has 0 aromatic carbocycles. The highest BCUT2D eigenvalue weighted by Gasteiger charge is 2.20. The third-order valence-electron chi connectivity index (χ3n) is 1.61. The largest absolute Gasteiger partial charge is 0.467 e. The van der Waals surface area contributed by atoms with Crippen LogP contribution in [0.5, 0.6) is 6.01 Å². The van der Waals surface area contributed by atoms with Gasteiger partial charge in [-0.25, -0.2) is 4.98 Å². The number of rotatable bonds is 1. The summed E-state index contributed by atoms with van der Waals surface area (Å²) in [5.41, 5.74) is 0.953. The molecule has 1 aromatic rings. The quantitative estimate of drug-likeness (QED) is 0.762. The van der Waals surface area contributed by atoms with E-state index in [1.165, 1.54) is 0 Å². The molecule has 0 fully saturated rings. The Balaban J connectivity index is 3.19. The van der Waals surface area contributed by atoms with Crippen LogP contribution in [-0.4, -0.2) is 17.1 Å². The average Bonchev–Trinajstić information content (AvgIpc) is 2.03. The topological polar surface area (TPSA) is 35.0 Å². The molecule has 4 heteroatoms. The maximum absolute atomic E-state index is 4.96. The van der Waals surface area contributed by atoms with Gasteiger partial charge in [-0.05, 0) is 15.9 Å². The van der Waals surface area contributed by atoms with Crippen LogP contribution >= 0.6 is 15.9 Å². The molecule has 0 spiro atoms. The van der Waals surface area contributed by atoms with Crippen molar-refractivity contribution in [1.29, 1.82) is 0 Å². The van der Waals surface area contributed by atoms with Crippen molar-refractivity contribution in [2.24, 2.45) is 0 Å². The van der Waals surface area contributed by atoms with Gasteiger partial charge in [0.05, 0.1) is 17.3 Å². The van der Waals surface area contributed by atoms with Gasteiger partial charge >= 0.3 is 6.01 Å². The number of aromatic nitrogens is 2. The minimum absolute atomic E-state index is 0.00491. The Morgan fingerprint density at radius 2 is 2.00 bits per heavy atom. The van der Waals surface area contributed by atoms with E-state index in [0.29, 0.717) is 6.01 Å². The van der Waals surface area contributed by atoms with Crippen molar-refractivity contribution < 1.29 is 4.74 Å². The fourth-order valence-electron chi connectivity index (χ4n) is 0.975. The van der Waals surface area contributed by atoms with Gasteiger partial charge < -0.3 is 4.74 Å². The Bertz CT molecular complexity index is 307. The summed E-state index contributed by atoms with van der Waals surface area (Å²) in [7, 11) is 1.57. The highest BCUT2D eigenvalue weighted by molar-refractivity contribution is 9.10. The molecule has 13 heavy (non-hydrogen) atoms. The minimum atomic E-state index is -0.00491. The summed E-state index contributed by atoms with van der Waals surface area (Å²) in [5, 5.41) is 0. The first-order chi connectivity index (χ1) is 5.95. The lowest BCUT2D eigenvalue weighted by atomic mass is 9.92. The van der Waals surface area contributed by atoms with E-state index in [2.05, 4.69) is 46.7 Å². The zero-order valence-electron chi connectivity index (χ0n) is 8.26. The van der Waals surface area contributed by atoms with E-state index in [1.54, 1.807) is 13.3 Å². The number of nitrogens with zero attached hydrogens (tertiary/aromatic N) is 2. The molecular weight excluding hydrogens is 232 g/mol. The molecule has 0 saturated carbocycles. The molecule has 0 aliphatic carbocycles. The number of hydrogen-bond donors (Lipinski definition) is 0. The highest BCUT2D eigenvalue weighted by atomic mass is 79.9. The van der Waals surface area contributed by atoms with Crippen molar-refractivity contribution in [3.63, 3.8) is 0 Å². The summed E-state index contributed by atoms with van der Waals surface area (Å²) in [5.74, 6) is 0. The van der Waals surface area contributed by atoms with Gasteiger partial charge in [-0.15, -0.1) is 0 Å². The Kier molecular flexibility index (Phi) is 2.91. The molecule has 0 amide bonds. The summed E-state index contributed by atoms with van der Waals surface area (Å²) >= 11 is 3.41. The maximum Gasteiger partial charge on any atom is 0.316 e. The van der Waals surface area contributed by atoms with Crippen molar-refractivity contribution in [1.82, 2.24) is 9.97 Å². The molecule has 0 unspecified atom stereocenters. The third kappa shape index (κ3) is 2.40. The molecule has 1 heterocycles. The molecule has 72 valence electrons. The fourth-order valence-corrected chi connectivity index (χ4v) is 1.76. The van der Waals surface area contributed by atoms with E-state index in [0.717, 1.165) is 10.2 Å². The van der Waals surface area contributed by atoms with E-state index in [4.69, 9.17) is 4.74 Å². The van der Waals surface area contributed by atoms with E-state index in [9.17, 15) is 0 Å². The van der Waals surface area contributed by atoms with Crippen LogP contribution in [0.15, 0.2) is 10.7 Å². The van der Waals surface area contributed by atoms with Gasteiger partial charge in [0.2, 0.25) is 0 Å². The second-order valence-corrected chi connectivity index (χ2v) is 4.66. The van der Waals surface area contributed by atoms with Crippen LogP contribution in [0.1, 0.15) is 26.5 Å². The molecule has 3 nitrogen and oxygen atoms in total. The molecule has 1 aromatic heterocycles. The van der Waals surface area contributed by atoms with Crippen molar-refractivity contribution >= 4 is 15.9 Å². The predicted molar refractivity (Wildman–Crippen MR) is 55.0 cm³/mol. The van der Waals surface area contributed by atoms with Gasteiger partial charge in [-0.2, -0.15) is 4.98 Å². The minimum Gasteiger partial charge on any atom is -0.467 e. The lowest BCUT2D eigenvalue weighted by molar-refractivity contribution is 0.373. The van der Waals surface area contributed by atoms with E-state index < -0.39 is 0 Å². The van der Waals surface area contributed by atoms with E-state index >= 15 is 0 Å². The van der Waals surface area contributed by atoms with E-state index in [-0.39, 0.29) is 5.41 Å². The van der Waals surface area contributed by atoms with Crippen molar-refractivity contribution in [3.05, 3.63) is 16.4 Å². The summed E-state index contributed by atoms with van der Waals surface area (Å²) in [6.07, 6.45) is 1.71. The normalized spacial score (nSPS) is 11.5. The van der Waals surface area contributed by atoms with Crippen LogP contribution < -0.4 is 4.74 Å². The molecule has 0 radical (unpaired) electrons. The summed E-state index contributed by atoms with van der Waals surface area (Å²) in [6.45, 7) is 6.29. The van der Waals surface area contributed by atoms with Gasteiger partial charge in [0.25, 0.3) is 0 Å². The third-order valence-corrected chi connectivity index (χ3v) is 2.20. The van der Waals surface area contributed by atoms with Gasteiger partial charge in [0, 0.05) is 11.6 Å². The Hall–Kier alpha value is -0.640. The van der Waals surface area contributed by atoms with Crippen molar-refractivity contribution in [2.75, 3.05) is 7.11 Å². The Labute approximate surface area is 86.7 Å². The maximum atomic E-state index is 4.96. The standard InChI is InChI=1S/C9H13BrN2O/c1-9(2,3)7-6(10)5-11-8(12-7)13-4/h5H,1-4H3.